The lowest BCUT2D eigenvalue weighted by molar-refractivity contribution is -0.119. The van der Waals surface area contributed by atoms with E-state index >= 15 is 0 Å². The molecule has 17 heavy (non-hydrogen) atoms. The van der Waals surface area contributed by atoms with Crippen molar-refractivity contribution in [2.24, 2.45) is 0 Å². The number of carbonyl (C=O) groups excluding carboxylic acids is 1. The van der Waals surface area contributed by atoms with E-state index in [9.17, 15) is 9.59 Å². The lowest BCUT2D eigenvalue weighted by Gasteiger charge is -2.19. The number of amides is 1. The molecule has 0 bridgehead atoms. The van der Waals surface area contributed by atoms with Gasteiger partial charge in [-0.25, -0.2) is 4.98 Å². The molecule has 1 fully saturated rings. The summed E-state index contributed by atoms with van der Waals surface area (Å²) in [6, 6.07) is 1.44. The number of H-pyrrole nitrogens is 1. The molecule has 0 spiro atoms. The van der Waals surface area contributed by atoms with Crippen LogP contribution in [0.3, 0.4) is 0 Å². The Morgan fingerprint density at radius 2 is 2.29 bits per heavy atom. The van der Waals surface area contributed by atoms with Crippen LogP contribution in [0.25, 0.3) is 0 Å². The van der Waals surface area contributed by atoms with Crippen molar-refractivity contribution in [1.29, 1.82) is 0 Å². The smallest absolute Gasteiger partial charge is 0.252 e. The SMILES string of the molecule is CCc1nc(N2CCCNC(=O)C2)cc(=O)[nH]1. The Morgan fingerprint density at radius 3 is 3.06 bits per heavy atom. The zero-order valence-electron chi connectivity index (χ0n) is 9.82. The van der Waals surface area contributed by atoms with Gasteiger partial charge in [0.2, 0.25) is 5.91 Å². The first kappa shape index (κ1) is 11.6. The summed E-state index contributed by atoms with van der Waals surface area (Å²) in [4.78, 5) is 31.8. The minimum absolute atomic E-state index is 0.0253. The summed E-state index contributed by atoms with van der Waals surface area (Å²) in [7, 11) is 0. The van der Waals surface area contributed by atoms with Crippen LogP contribution in [0, 0.1) is 0 Å². The molecule has 0 unspecified atom stereocenters. The van der Waals surface area contributed by atoms with Crippen LogP contribution in [0.5, 0.6) is 0 Å². The summed E-state index contributed by atoms with van der Waals surface area (Å²) in [5, 5.41) is 2.79. The van der Waals surface area contributed by atoms with Crippen LogP contribution in [0.15, 0.2) is 10.9 Å². The molecule has 0 atom stereocenters. The fraction of sp³-hybridized carbons (Fsp3) is 0.545. The van der Waals surface area contributed by atoms with Gasteiger partial charge in [-0.15, -0.1) is 0 Å². The van der Waals surface area contributed by atoms with Gasteiger partial charge in [0.05, 0.1) is 6.54 Å². The molecule has 6 nitrogen and oxygen atoms in total. The van der Waals surface area contributed by atoms with Crippen molar-refractivity contribution in [3.8, 4) is 0 Å². The van der Waals surface area contributed by atoms with Crippen LogP contribution in [-0.2, 0) is 11.2 Å². The Balaban J connectivity index is 2.28. The van der Waals surface area contributed by atoms with Crippen molar-refractivity contribution in [2.45, 2.75) is 19.8 Å². The predicted octanol–water partition coefficient (Wildman–Crippen LogP) is -0.341. The van der Waals surface area contributed by atoms with Gasteiger partial charge in [-0.1, -0.05) is 6.92 Å². The number of aromatic amines is 1. The number of hydrogen-bond donors (Lipinski definition) is 2. The highest BCUT2D eigenvalue weighted by atomic mass is 16.2. The van der Waals surface area contributed by atoms with Crippen molar-refractivity contribution in [3.05, 3.63) is 22.2 Å². The van der Waals surface area contributed by atoms with E-state index in [0.29, 0.717) is 24.6 Å². The predicted molar refractivity (Wildman–Crippen MR) is 64.1 cm³/mol. The fourth-order valence-electron chi connectivity index (χ4n) is 1.83. The number of aromatic nitrogens is 2. The molecule has 1 amide bonds. The van der Waals surface area contributed by atoms with Gasteiger partial charge in [0, 0.05) is 25.6 Å². The van der Waals surface area contributed by atoms with Crippen molar-refractivity contribution >= 4 is 11.7 Å². The molecule has 1 aromatic rings. The minimum atomic E-state index is -0.170. The van der Waals surface area contributed by atoms with Gasteiger partial charge in [0.1, 0.15) is 11.6 Å². The average Bonchev–Trinajstić information content (AvgIpc) is 2.53. The summed E-state index contributed by atoms with van der Waals surface area (Å²) in [6.45, 7) is 3.61. The maximum atomic E-state index is 11.5. The third-order valence-corrected chi connectivity index (χ3v) is 2.70. The largest absolute Gasteiger partial charge is 0.354 e. The number of rotatable bonds is 2. The summed E-state index contributed by atoms with van der Waals surface area (Å²) < 4.78 is 0. The molecule has 2 heterocycles. The second-order valence-corrected chi connectivity index (χ2v) is 4.03. The summed E-state index contributed by atoms with van der Waals surface area (Å²) >= 11 is 0. The molecule has 92 valence electrons. The number of nitrogens with zero attached hydrogens (tertiary/aromatic N) is 2. The first-order valence-electron chi connectivity index (χ1n) is 5.81. The molecule has 0 saturated carbocycles. The normalized spacial score (nSPS) is 16.5. The summed E-state index contributed by atoms with van der Waals surface area (Å²) in [5.74, 6) is 1.21. The fourth-order valence-corrected chi connectivity index (χ4v) is 1.83. The zero-order valence-corrected chi connectivity index (χ0v) is 9.82. The molecule has 0 aromatic carbocycles. The second-order valence-electron chi connectivity index (χ2n) is 4.03. The van der Waals surface area contributed by atoms with Gasteiger partial charge in [-0.2, -0.15) is 0 Å². The van der Waals surface area contributed by atoms with Crippen LogP contribution in [0.1, 0.15) is 19.2 Å². The Bertz CT molecular complexity index is 469. The Labute approximate surface area is 99.1 Å². The highest BCUT2D eigenvalue weighted by Crippen LogP contribution is 2.10. The molecule has 1 saturated heterocycles. The first-order valence-corrected chi connectivity index (χ1v) is 5.81. The maximum absolute atomic E-state index is 11.5. The highest BCUT2D eigenvalue weighted by molar-refractivity contribution is 5.81. The number of aryl methyl sites for hydroxylation is 1. The summed E-state index contributed by atoms with van der Waals surface area (Å²) in [5.41, 5.74) is -0.170. The van der Waals surface area contributed by atoms with Gasteiger partial charge in [-0.05, 0) is 6.42 Å². The van der Waals surface area contributed by atoms with E-state index in [1.807, 2.05) is 11.8 Å². The molecule has 1 aliphatic heterocycles. The lowest BCUT2D eigenvalue weighted by Crippen LogP contribution is -2.34. The number of nitrogens with one attached hydrogen (secondary N) is 2. The number of hydrogen-bond acceptors (Lipinski definition) is 4. The first-order chi connectivity index (χ1) is 8.19. The zero-order chi connectivity index (χ0) is 12.3. The highest BCUT2D eigenvalue weighted by Gasteiger charge is 2.16. The monoisotopic (exact) mass is 236 g/mol. The third kappa shape index (κ3) is 2.83. The molecule has 6 heteroatoms. The van der Waals surface area contributed by atoms with E-state index in [1.165, 1.54) is 6.07 Å². The minimum Gasteiger partial charge on any atom is -0.354 e. The summed E-state index contributed by atoms with van der Waals surface area (Å²) in [6.07, 6.45) is 1.53. The average molecular weight is 236 g/mol. The molecule has 1 aliphatic rings. The third-order valence-electron chi connectivity index (χ3n) is 2.70. The Hall–Kier alpha value is -1.85. The van der Waals surface area contributed by atoms with E-state index in [-0.39, 0.29) is 18.0 Å². The maximum Gasteiger partial charge on any atom is 0.252 e. The van der Waals surface area contributed by atoms with Gasteiger partial charge in [-0.3, -0.25) is 9.59 Å². The quantitative estimate of drug-likeness (QED) is 0.736. The number of carbonyl (C=O) groups is 1. The lowest BCUT2D eigenvalue weighted by atomic mass is 10.3. The van der Waals surface area contributed by atoms with Crippen molar-refractivity contribution in [3.63, 3.8) is 0 Å². The van der Waals surface area contributed by atoms with Crippen LogP contribution >= 0.6 is 0 Å². The Morgan fingerprint density at radius 1 is 1.47 bits per heavy atom. The van der Waals surface area contributed by atoms with Crippen LogP contribution in [0.2, 0.25) is 0 Å². The standard InChI is InChI=1S/C11H16N4O2/c1-2-8-13-9(6-10(16)14-8)15-5-3-4-12-11(17)7-15/h6H,2-5,7H2,1H3,(H,12,17)(H,13,14,16). The molecular formula is C11H16N4O2. The Kier molecular flexibility index (Phi) is 3.41. The van der Waals surface area contributed by atoms with Gasteiger partial charge in [0.15, 0.2) is 0 Å². The van der Waals surface area contributed by atoms with Crippen LogP contribution in [-0.4, -0.2) is 35.5 Å². The van der Waals surface area contributed by atoms with Crippen LogP contribution in [0.4, 0.5) is 5.82 Å². The van der Waals surface area contributed by atoms with Crippen LogP contribution < -0.4 is 15.8 Å². The van der Waals surface area contributed by atoms with Crippen molar-refractivity contribution < 1.29 is 4.79 Å². The van der Waals surface area contributed by atoms with Gasteiger partial charge < -0.3 is 15.2 Å². The molecule has 2 rings (SSSR count). The van der Waals surface area contributed by atoms with Gasteiger partial charge >= 0.3 is 0 Å². The molecule has 0 radical (unpaired) electrons. The van der Waals surface area contributed by atoms with E-state index in [0.717, 1.165) is 13.0 Å². The van der Waals surface area contributed by atoms with E-state index in [2.05, 4.69) is 15.3 Å². The molecule has 0 aliphatic carbocycles. The number of anilines is 1. The van der Waals surface area contributed by atoms with Crippen molar-refractivity contribution in [1.82, 2.24) is 15.3 Å². The van der Waals surface area contributed by atoms with E-state index < -0.39 is 0 Å². The molecular weight excluding hydrogens is 220 g/mol. The van der Waals surface area contributed by atoms with E-state index in [4.69, 9.17) is 0 Å². The van der Waals surface area contributed by atoms with Crippen molar-refractivity contribution in [2.75, 3.05) is 24.5 Å². The van der Waals surface area contributed by atoms with Gasteiger partial charge in [0.25, 0.3) is 5.56 Å². The topological polar surface area (TPSA) is 78.1 Å². The molecule has 2 N–H and O–H groups in total. The van der Waals surface area contributed by atoms with E-state index in [1.54, 1.807) is 0 Å². The second kappa shape index (κ2) is 4.99. The molecule has 1 aromatic heterocycles.